The summed E-state index contributed by atoms with van der Waals surface area (Å²) in [6.07, 6.45) is 7.18. The fraction of sp³-hybridized carbons (Fsp3) is 0.923. The van der Waals surface area contributed by atoms with Crippen LogP contribution in [-0.2, 0) is 4.79 Å². The molecule has 4 heteroatoms. The number of carbonyl (C=O) groups is 1. The average Bonchev–Trinajstić information content (AvgIpc) is 2.54. The van der Waals surface area contributed by atoms with Gasteiger partial charge in [-0.15, -0.1) is 12.4 Å². The van der Waals surface area contributed by atoms with Gasteiger partial charge in [-0.25, -0.2) is 0 Å². The standard InChI is InChI=1S/C13H24N2O.ClH/c1-11-6-3-2-4-9-15(11)13(16)12-7-5-8-14-10-12;/h11-12,14H,2-10H2,1H3;1H/t11?,12-;/m1./s1. The molecule has 1 N–H and O–H groups in total. The predicted molar refractivity (Wildman–Crippen MR) is 72.5 cm³/mol. The van der Waals surface area contributed by atoms with Crippen molar-refractivity contribution in [3.05, 3.63) is 0 Å². The van der Waals surface area contributed by atoms with Crippen LogP contribution in [0.1, 0.15) is 45.4 Å². The first-order valence-corrected chi connectivity index (χ1v) is 6.80. The maximum absolute atomic E-state index is 12.4. The van der Waals surface area contributed by atoms with Gasteiger partial charge in [0.2, 0.25) is 5.91 Å². The average molecular weight is 261 g/mol. The zero-order valence-electron chi connectivity index (χ0n) is 10.8. The normalized spacial score (nSPS) is 30.3. The highest BCUT2D eigenvalue weighted by Crippen LogP contribution is 2.21. The fourth-order valence-corrected chi connectivity index (χ4v) is 2.90. The highest BCUT2D eigenvalue weighted by Gasteiger charge is 2.29. The minimum absolute atomic E-state index is 0. The molecular formula is C13H25ClN2O. The summed E-state index contributed by atoms with van der Waals surface area (Å²) < 4.78 is 0. The quantitative estimate of drug-likeness (QED) is 0.784. The topological polar surface area (TPSA) is 32.3 Å². The van der Waals surface area contributed by atoms with Crippen molar-refractivity contribution < 1.29 is 4.79 Å². The molecule has 2 aliphatic heterocycles. The lowest BCUT2D eigenvalue weighted by Gasteiger charge is -2.32. The molecule has 0 aromatic carbocycles. The molecule has 2 aliphatic rings. The van der Waals surface area contributed by atoms with Crippen LogP contribution in [0.15, 0.2) is 0 Å². The second kappa shape index (κ2) is 7.22. The van der Waals surface area contributed by atoms with Gasteiger partial charge in [-0.3, -0.25) is 4.79 Å². The molecule has 2 rings (SSSR count). The summed E-state index contributed by atoms with van der Waals surface area (Å²) in [5.41, 5.74) is 0. The van der Waals surface area contributed by atoms with E-state index >= 15 is 0 Å². The van der Waals surface area contributed by atoms with Crippen molar-refractivity contribution in [3.8, 4) is 0 Å². The SMILES string of the molecule is CC1CCCCCN1C(=O)[C@@H]1CCCNC1.Cl. The molecule has 0 aromatic heterocycles. The first-order chi connectivity index (χ1) is 7.79. The minimum atomic E-state index is 0. The molecular weight excluding hydrogens is 236 g/mol. The van der Waals surface area contributed by atoms with E-state index in [4.69, 9.17) is 0 Å². The highest BCUT2D eigenvalue weighted by atomic mass is 35.5. The third-order valence-electron chi connectivity index (χ3n) is 3.98. The third kappa shape index (κ3) is 3.85. The van der Waals surface area contributed by atoms with Crippen molar-refractivity contribution in [2.45, 2.75) is 51.5 Å². The van der Waals surface area contributed by atoms with E-state index in [1.165, 1.54) is 25.7 Å². The lowest BCUT2D eigenvalue weighted by Crippen LogP contribution is -2.46. The number of nitrogens with one attached hydrogen (secondary N) is 1. The van der Waals surface area contributed by atoms with Crippen LogP contribution in [0.4, 0.5) is 0 Å². The van der Waals surface area contributed by atoms with Gasteiger partial charge in [0.05, 0.1) is 5.92 Å². The summed E-state index contributed by atoms with van der Waals surface area (Å²) >= 11 is 0. The third-order valence-corrected chi connectivity index (χ3v) is 3.98. The fourth-order valence-electron chi connectivity index (χ4n) is 2.90. The summed E-state index contributed by atoms with van der Waals surface area (Å²) in [6.45, 7) is 5.16. The molecule has 100 valence electrons. The number of carbonyl (C=O) groups excluding carboxylic acids is 1. The zero-order valence-corrected chi connectivity index (χ0v) is 11.6. The van der Waals surface area contributed by atoms with Gasteiger partial charge < -0.3 is 10.2 Å². The Labute approximate surface area is 111 Å². The molecule has 2 saturated heterocycles. The molecule has 3 nitrogen and oxygen atoms in total. The van der Waals surface area contributed by atoms with Crippen LogP contribution in [0.25, 0.3) is 0 Å². The summed E-state index contributed by atoms with van der Waals surface area (Å²) in [4.78, 5) is 14.5. The van der Waals surface area contributed by atoms with Gasteiger partial charge in [0.25, 0.3) is 0 Å². The van der Waals surface area contributed by atoms with Crippen LogP contribution in [0.5, 0.6) is 0 Å². The van der Waals surface area contributed by atoms with Gasteiger partial charge in [0.15, 0.2) is 0 Å². The van der Waals surface area contributed by atoms with Crippen molar-refractivity contribution in [1.29, 1.82) is 0 Å². The van der Waals surface area contributed by atoms with E-state index in [0.717, 1.165) is 32.5 Å². The van der Waals surface area contributed by atoms with Crippen molar-refractivity contribution in [1.82, 2.24) is 10.2 Å². The monoisotopic (exact) mass is 260 g/mol. The smallest absolute Gasteiger partial charge is 0.227 e. The Morgan fingerprint density at radius 3 is 2.71 bits per heavy atom. The summed E-state index contributed by atoms with van der Waals surface area (Å²) in [5.74, 6) is 0.649. The maximum atomic E-state index is 12.4. The predicted octanol–water partition coefficient (Wildman–Crippen LogP) is 2.20. The molecule has 1 unspecified atom stereocenters. The Bertz CT molecular complexity index is 242. The minimum Gasteiger partial charge on any atom is -0.340 e. The van der Waals surface area contributed by atoms with Crippen molar-refractivity contribution >= 4 is 18.3 Å². The van der Waals surface area contributed by atoms with Gasteiger partial charge in [-0.05, 0) is 39.2 Å². The first-order valence-electron chi connectivity index (χ1n) is 6.80. The van der Waals surface area contributed by atoms with E-state index in [1.54, 1.807) is 0 Å². The van der Waals surface area contributed by atoms with E-state index in [1.807, 2.05) is 0 Å². The Morgan fingerprint density at radius 2 is 2.00 bits per heavy atom. The number of hydrogen-bond acceptors (Lipinski definition) is 2. The Balaban J connectivity index is 0.00000144. The zero-order chi connectivity index (χ0) is 11.4. The highest BCUT2D eigenvalue weighted by molar-refractivity contribution is 5.85. The number of halogens is 1. The second-order valence-corrected chi connectivity index (χ2v) is 5.27. The van der Waals surface area contributed by atoms with Crippen molar-refractivity contribution in [2.75, 3.05) is 19.6 Å². The van der Waals surface area contributed by atoms with E-state index in [2.05, 4.69) is 17.1 Å². The van der Waals surface area contributed by atoms with Crippen molar-refractivity contribution in [3.63, 3.8) is 0 Å². The lowest BCUT2D eigenvalue weighted by atomic mass is 9.97. The second-order valence-electron chi connectivity index (χ2n) is 5.27. The van der Waals surface area contributed by atoms with Crippen LogP contribution >= 0.6 is 12.4 Å². The summed E-state index contributed by atoms with van der Waals surface area (Å²) in [6, 6.07) is 0.455. The molecule has 0 radical (unpaired) electrons. The Morgan fingerprint density at radius 1 is 1.18 bits per heavy atom. The number of nitrogens with zero attached hydrogens (tertiary/aromatic N) is 1. The van der Waals surface area contributed by atoms with Crippen LogP contribution < -0.4 is 5.32 Å². The molecule has 2 heterocycles. The van der Waals surface area contributed by atoms with E-state index < -0.39 is 0 Å². The molecule has 0 spiro atoms. The van der Waals surface area contributed by atoms with Crippen molar-refractivity contribution in [2.24, 2.45) is 5.92 Å². The number of likely N-dealkylation sites (tertiary alicyclic amines) is 1. The van der Waals surface area contributed by atoms with E-state index in [0.29, 0.717) is 11.9 Å². The van der Waals surface area contributed by atoms with E-state index in [-0.39, 0.29) is 18.3 Å². The number of piperidine rings is 1. The van der Waals surface area contributed by atoms with Gasteiger partial charge in [0, 0.05) is 19.1 Å². The summed E-state index contributed by atoms with van der Waals surface area (Å²) in [5, 5.41) is 3.34. The largest absolute Gasteiger partial charge is 0.340 e. The molecule has 17 heavy (non-hydrogen) atoms. The van der Waals surface area contributed by atoms with Gasteiger partial charge in [0.1, 0.15) is 0 Å². The van der Waals surface area contributed by atoms with Gasteiger partial charge in [-0.2, -0.15) is 0 Å². The number of rotatable bonds is 1. The molecule has 0 aliphatic carbocycles. The lowest BCUT2D eigenvalue weighted by molar-refractivity contribution is -0.138. The molecule has 2 atom stereocenters. The van der Waals surface area contributed by atoms with Crippen LogP contribution in [0, 0.1) is 5.92 Å². The van der Waals surface area contributed by atoms with Gasteiger partial charge in [-0.1, -0.05) is 12.8 Å². The Hall–Kier alpha value is -0.280. The van der Waals surface area contributed by atoms with Crippen LogP contribution in [-0.4, -0.2) is 36.5 Å². The maximum Gasteiger partial charge on any atom is 0.227 e. The van der Waals surface area contributed by atoms with E-state index in [9.17, 15) is 4.79 Å². The Kier molecular flexibility index (Phi) is 6.28. The molecule has 1 amide bonds. The van der Waals surface area contributed by atoms with Crippen LogP contribution in [0.2, 0.25) is 0 Å². The number of amides is 1. The number of hydrogen-bond donors (Lipinski definition) is 1. The first kappa shape index (κ1) is 14.8. The molecule has 0 saturated carbocycles. The molecule has 0 aromatic rings. The molecule has 0 bridgehead atoms. The van der Waals surface area contributed by atoms with Crippen LogP contribution in [0.3, 0.4) is 0 Å². The van der Waals surface area contributed by atoms with Gasteiger partial charge >= 0.3 is 0 Å². The molecule has 2 fully saturated rings. The summed E-state index contributed by atoms with van der Waals surface area (Å²) in [7, 11) is 0.